The number of rotatable bonds is 3. The fourth-order valence-corrected chi connectivity index (χ4v) is 1.99. The largest absolute Gasteiger partial charge is 0.383 e. The van der Waals surface area contributed by atoms with Gasteiger partial charge < -0.3 is 4.74 Å². The van der Waals surface area contributed by atoms with Crippen LogP contribution in [0.3, 0.4) is 0 Å². The van der Waals surface area contributed by atoms with Crippen LogP contribution in [0.25, 0.3) is 0 Å². The lowest BCUT2D eigenvalue weighted by atomic mass is 9.81. The Bertz CT molecular complexity index is 156. The van der Waals surface area contributed by atoms with Crippen LogP contribution >= 0.6 is 0 Å². The van der Waals surface area contributed by atoms with Gasteiger partial charge in [0.15, 0.2) is 0 Å². The molecular formula is C10H17NO. The molecule has 0 spiro atoms. The van der Waals surface area contributed by atoms with E-state index in [4.69, 9.17) is 10.00 Å². The Morgan fingerprint density at radius 3 is 2.58 bits per heavy atom. The minimum absolute atomic E-state index is 0.135. The zero-order chi connectivity index (χ0) is 8.81. The van der Waals surface area contributed by atoms with Crippen molar-refractivity contribution in [2.75, 3.05) is 13.7 Å². The highest BCUT2D eigenvalue weighted by Crippen LogP contribution is 2.29. The Balaban J connectivity index is 2.36. The standard InChI is InChI=1S/C10H17NO/c1-12-8-10(7-11)9-5-3-2-4-6-9/h9-10H,2-6,8H2,1H3. The zero-order valence-corrected chi connectivity index (χ0v) is 7.75. The van der Waals surface area contributed by atoms with Crippen LogP contribution in [-0.4, -0.2) is 13.7 Å². The number of ether oxygens (including phenoxy) is 1. The van der Waals surface area contributed by atoms with E-state index >= 15 is 0 Å². The summed E-state index contributed by atoms with van der Waals surface area (Å²) in [6.45, 7) is 0.612. The number of nitrogens with zero attached hydrogens (tertiary/aromatic N) is 1. The lowest BCUT2D eigenvalue weighted by Crippen LogP contribution is -2.20. The molecule has 0 N–H and O–H groups in total. The Kier molecular flexibility index (Phi) is 4.10. The van der Waals surface area contributed by atoms with Crippen molar-refractivity contribution in [3.8, 4) is 6.07 Å². The minimum atomic E-state index is 0.135. The molecule has 0 heterocycles. The summed E-state index contributed by atoms with van der Waals surface area (Å²) in [5, 5.41) is 8.88. The van der Waals surface area contributed by atoms with Gasteiger partial charge in [-0.05, 0) is 18.8 Å². The molecule has 0 aliphatic heterocycles. The fourth-order valence-electron chi connectivity index (χ4n) is 1.99. The quantitative estimate of drug-likeness (QED) is 0.646. The van der Waals surface area contributed by atoms with Gasteiger partial charge in [0.25, 0.3) is 0 Å². The average molecular weight is 167 g/mol. The first-order valence-electron chi connectivity index (χ1n) is 4.77. The van der Waals surface area contributed by atoms with Gasteiger partial charge >= 0.3 is 0 Å². The smallest absolute Gasteiger partial charge is 0.0725 e. The minimum Gasteiger partial charge on any atom is -0.383 e. The second kappa shape index (κ2) is 5.16. The predicted octanol–water partition coefficient (Wildman–Crippen LogP) is 2.35. The van der Waals surface area contributed by atoms with E-state index in [0.717, 1.165) is 0 Å². The van der Waals surface area contributed by atoms with E-state index in [2.05, 4.69) is 6.07 Å². The highest BCUT2D eigenvalue weighted by Gasteiger charge is 2.22. The number of hydrogen-bond donors (Lipinski definition) is 0. The van der Waals surface area contributed by atoms with Gasteiger partial charge in [-0.1, -0.05) is 19.3 Å². The van der Waals surface area contributed by atoms with Gasteiger partial charge in [0.05, 0.1) is 18.6 Å². The summed E-state index contributed by atoms with van der Waals surface area (Å²) in [6, 6.07) is 2.35. The monoisotopic (exact) mass is 167 g/mol. The number of methoxy groups -OCH3 is 1. The van der Waals surface area contributed by atoms with E-state index in [9.17, 15) is 0 Å². The normalized spacial score (nSPS) is 21.7. The number of hydrogen-bond acceptors (Lipinski definition) is 2. The Hall–Kier alpha value is -0.550. The second-order valence-corrected chi connectivity index (χ2v) is 3.59. The molecule has 0 bridgehead atoms. The molecule has 0 aromatic rings. The van der Waals surface area contributed by atoms with Crippen LogP contribution in [0.4, 0.5) is 0 Å². The molecule has 1 atom stereocenters. The molecule has 0 radical (unpaired) electrons. The molecule has 1 rings (SSSR count). The zero-order valence-electron chi connectivity index (χ0n) is 7.75. The van der Waals surface area contributed by atoms with Gasteiger partial charge in [0, 0.05) is 7.11 Å². The third kappa shape index (κ3) is 2.49. The lowest BCUT2D eigenvalue weighted by Gasteiger charge is -2.25. The molecule has 0 amide bonds. The molecule has 2 nitrogen and oxygen atoms in total. The first kappa shape index (κ1) is 9.54. The van der Waals surface area contributed by atoms with Crippen molar-refractivity contribution in [1.29, 1.82) is 5.26 Å². The van der Waals surface area contributed by atoms with E-state index in [1.165, 1.54) is 32.1 Å². The van der Waals surface area contributed by atoms with Gasteiger partial charge in [-0.15, -0.1) is 0 Å². The predicted molar refractivity (Wildman–Crippen MR) is 47.6 cm³/mol. The first-order valence-corrected chi connectivity index (χ1v) is 4.77. The third-order valence-corrected chi connectivity index (χ3v) is 2.73. The highest BCUT2D eigenvalue weighted by molar-refractivity contribution is 4.89. The van der Waals surface area contributed by atoms with Crippen molar-refractivity contribution in [2.45, 2.75) is 32.1 Å². The molecular weight excluding hydrogens is 150 g/mol. The highest BCUT2D eigenvalue weighted by atomic mass is 16.5. The average Bonchev–Trinajstić information content (AvgIpc) is 2.15. The molecule has 0 aromatic heterocycles. The summed E-state index contributed by atoms with van der Waals surface area (Å²) in [6.07, 6.45) is 6.39. The van der Waals surface area contributed by atoms with Gasteiger partial charge in [-0.3, -0.25) is 0 Å². The summed E-state index contributed by atoms with van der Waals surface area (Å²) >= 11 is 0. The molecule has 0 saturated heterocycles. The summed E-state index contributed by atoms with van der Waals surface area (Å²) in [7, 11) is 1.67. The fraction of sp³-hybridized carbons (Fsp3) is 0.900. The van der Waals surface area contributed by atoms with Crippen LogP contribution in [0.2, 0.25) is 0 Å². The lowest BCUT2D eigenvalue weighted by molar-refractivity contribution is 0.132. The Morgan fingerprint density at radius 1 is 1.42 bits per heavy atom. The number of nitriles is 1. The third-order valence-electron chi connectivity index (χ3n) is 2.73. The Labute approximate surface area is 74.5 Å². The van der Waals surface area contributed by atoms with Crippen molar-refractivity contribution in [3.05, 3.63) is 0 Å². The summed E-state index contributed by atoms with van der Waals surface area (Å²) in [5.41, 5.74) is 0. The van der Waals surface area contributed by atoms with Gasteiger partial charge in [-0.25, -0.2) is 0 Å². The molecule has 1 fully saturated rings. The molecule has 12 heavy (non-hydrogen) atoms. The molecule has 0 aromatic carbocycles. The van der Waals surface area contributed by atoms with Crippen molar-refractivity contribution in [2.24, 2.45) is 11.8 Å². The van der Waals surface area contributed by atoms with Crippen LogP contribution in [-0.2, 0) is 4.74 Å². The molecule has 1 aliphatic rings. The van der Waals surface area contributed by atoms with Crippen LogP contribution in [0.1, 0.15) is 32.1 Å². The Morgan fingerprint density at radius 2 is 2.08 bits per heavy atom. The maximum Gasteiger partial charge on any atom is 0.0725 e. The SMILES string of the molecule is COCC(C#N)C1CCCCC1. The first-order chi connectivity index (χ1) is 5.88. The van der Waals surface area contributed by atoms with E-state index < -0.39 is 0 Å². The van der Waals surface area contributed by atoms with Gasteiger partial charge in [-0.2, -0.15) is 5.26 Å². The molecule has 68 valence electrons. The van der Waals surface area contributed by atoms with E-state index in [0.29, 0.717) is 12.5 Å². The van der Waals surface area contributed by atoms with Crippen molar-refractivity contribution in [1.82, 2.24) is 0 Å². The van der Waals surface area contributed by atoms with Gasteiger partial charge in [0.1, 0.15) is 0 Å². The summed E-state index contributed by atoms with van der Waals surface area (Å²) in [5.74, 6) is 0.735. The van der Waals surface area contributed by atoms with E-state index in [1.807, 2.05) is 0 Å². The van der Waals surface area contributed by atoms with Crippen molar-refractivity contribution >= 4 is 0 Å². The van der Waals surface area contributed by atoms with Crippen LogP contribution < -0.4 is 0 Å². The van der Waals surface area contributed by atoms with E-state index in [1.54, 1.807) is 7.11 Å². The van der Waals surface area contributed by atoms with Crippen LogP contribution in [0.15, 0.2) is 0 Å². The second-order valence-electron chi connectivity index (χ2n) is 3.59. The molecule has 1 aliphatic carbocycles. The molecule has 2 heteroatoms. The van der Waals surface area contributed by atoms with Crippen LogP contribution in [0, 0.1) is 23.2 Å². The summed E-state index contributed by atoms with van der Waals surface area (Å²) < 4.78 is 5.03. The van der Waals surface area contributed by atoms with Crippen LogP contribution in [0.5, 0.6) is 0 Å². The maximum absolute atomic E-state index is 8.88. The maximum atomic E-state index is 8.88. The van der Waals surface area contributed by atoms with E-state index in [-0.39, 0.29) is 5.92 Å². The molecule has 1 saturated carbocycles. The molecule has 1 unspecified atom stereocenters. The van der Waals surface area contributed by atoms with Gasteiger partial charge in [0.2, 0.25) is 0 Å². The topological polar surface area (TPSA) is 33.0 Å². The van der Waals surface area contributed by atoms with Crippen molar-refractivity contribution in [3.63, 3.8) is 0 Å². The van der Waals surface area contributed by atoms with Crippen molar-refractivity contribution < 1.29 is 4.74 Å². The summed E-state index contributed by atoms with van der Waals surface area (Å²) in [4.78, 5) is 0.